The van der Waals surface area contributed by atoms with Gasteiger partial charge in [0.25, 0.3) is 5.91 Å². The molecule has 3 nitrogen and oxygen atoms in total. The lowest BCUT2D eigenvalue weighted by Crippen LogP contribution is -2.36. The number of likely N-dealkylation sites (tertiary alicyclic amines) is 1. The van der Waals surface area contributed by atoms with Gasteiger partial charge in [-0.3, -0.25) is 4.79 Å². The molecule has 1 saturated heterocycles. The van der Waals surface area contributed by atoms with Gasteiger partial charge in [-0.05, 0) is 30.2 Å². The second-order valence-corrected chi connectivity index (χ2v) is 5.27. The summed E-state index contributed by atoms with van der Waals surface area (Å²) in [7, 11) is 1.71. The summed E-state index contributed by atoms with van der Waals surface area (Å²) in [4.78, 5) is 13.5. The fourth-order valence-corrected chi connectivity index (χ4v) is 2.70. The van der Waals surface area contributed by atoms with Crippen LogP contribution in [0.5, 0.6) is 0 Å². The third-order valence-corrected chi connectivity index (χ3v) is 3.49. The van der Waals surface area contributed by atoms with Crippen LogP contribution >= 0.6 is 15.9 Å². The number of hydrogen-bond acceptors (Lipinski definition) is 2. The summed E-state index contributed by atoms with van der Waals surface area (Å²) in [5, 5.41) is 10.4. The Morgan fingerprint density at radius 2 is 2.12 bits per heavy atom. The van der Waals surface area contributed by atoms with E-state index in [2.05, 4.69) is 15.9 Å². The Morgan fingerprint density at radius 1 is 1.44 bits per heavy atom. The first-order valence-electron chi connectivity index (χ1n) is 5.19. The van der Waals surface area contributed by atoms with Crippen molar-refractivity contribution in [1.82, 2.24) is 4.90 Å². The maximum atomic E-state index is 11.9. The Kier molecular flexibility index (Phi) is 2.80. The van der Waals surface area contributed by atoms with E-state index < -0.39 is 5.60 Å². The molecule has 1 N–H and O–H groups in total. The van der Waals surface area contributed by atoms with E-state index in [9.17, 15) is 9.90 Å². The maximum absolute atomic E-state index is 11.9. The van der Waals surface area contributed by atoms with Crippen molar-refractivity contribution in [2.75, 3.05) is 13.6 Å². The Morgan fingerprint density at radius 3 is 2.62 bits per heavy atom. The summed E-state index contributed by atoms with van der Waals surface area (Å²) < 4.78 is 0.887. The van der Waals surface area contributed by atoms with Gasteiger partial charge >= 0.3 is 0 Å². The first kappa shape index (κ1) is 11.6. The monoisotopic (exact) mass is 283 g/mol. The van der Waals surface area contributed by atoms with Gasteiger partial charge in [0.05, 0.1) is 0 Å². The summed E-state index contributed by atoms with van der Waals surface area (Å²) in [6.45, 7) is 2.54. The molecule has 1 aromatic rings. The van der Waals surface area contributed by atoms with Crippen molar-refractivity contribution < 1.29 is 9.90 Å². The van der Waals surface area contributed by atoms with Gasteiger partial charge in [0.15, 0.2) is 5.60 Å². The normalized spacial score (nSPS) is 25.2. The summed E-state index contributed by atoms with van der Waals surface area (Å²) >= 11 is 3.38. The standard InChI is InChI=1S/C12H14BrNO2/c1-8-5-9(7-10(13)6-8)12(16)3-4-14(2)11(12)15/h5-7,16H,3-4H2,1-2H3. The third-order valence-electron chi connectivity index (χ3n) is 3.03. The molecular formula is C12H14BrNO2. The number of halogens is 1. The van der Waals surface area contributed by atoms with Crippen LogP contribution in [0.15, 0.2) is 22.7 Å². The first-order chi connectivity index (χ1) is 7.43. The molecule has 0 bridgehead atoms. The molecule has 1 unspecified atom stereocenters. The molecule has 0 aromatic heterocycles. The molecule has 4 heteroatoms. The zero-order chi connectivity index (χ0) is 11.9. The lowest BCUT2D eigenvalue weighted by molar-refractivity contribution is -0.143. The molecule has 1 amide bonds. The van der Waals surface area contributed by atoms with E-state index in [0.717, 1.165) is 10.0 Å². The van der Waals surface area contributed by atoms with Crippen molar-refractivity contribution in [2.45, 2.75) is 18.9 Å². The minimum Gasteiger partial charge on any atom is -0.375 e. The van der Waals surface area contributed by atoms with Crippen molar-refractivity contribution in [3.8, 4) is 0 Å². The molecular weight excluding hydrogens is 270 g/mol. The van der Waals surface area contributed by atoms with Gasteiger partial charge in [-0.1, -0.05) is 22.0 Å². The predicted octanol–water partition coefficient (Wildman–Crippen LogP) is 1.81. The summed E-state index contributed by atoms with van der Waals surface area (Å²) in [6, 6.07) is 5.63. The van der Waals surface area contributed by atoms with Gasteiger partial charge in [-0.2, -0.15) is 0 Å². The van der Waals surface area contributed by atoms with E-state index in [1.165, 1.54) is 0 Å². The summed E-state index contributed by atoms with van der Waals surface area (Å²) in [5.74, 6) is -0.218. The Labute approximate surface area is 103 Å². The van der Waals surface area contributed by atoms with Crippen molar-refractivity contribution in [3.63, 3.8) is 0 Å². The quantitative estimate of drug-likeness (QED) is 0.854. The molecule has 1 heterocycles. The number of nitrogens with zero attached hydrogens (tertiary/aromatic N) is 1. The second-order valence-electron chi connectivity index (χ2n) is 4.35. The van der Waals surface area contributed by atoms with E-state index in [-0.39, 0.29) is 5.91 Å². The molecule has 0 saturated carbocycles. The Hall–Kier alpha value is -0.870. The molecule has 1 aliphatic heterocycles. The van der Waals surface area contributed by atoms with Crippen LogP contribution in [0.1, 0.15) is 17.5 Å². The van der Waals surface area contributed by atoms with Gasteiger partial charge in [0.1, 0.15) is 0 Å². The molecule has 0 spiro atoms. The Balaban J connectivity index is 2.47. The number of carbonyl (C=O) groups excluding carboxylic acids is 1. The molecule has 1 atom stereocenters. The summed E-state index contributed by atoms with van der Waals surface area (Å²) in [6.07, 6.45) is 0.457. The van der Waals surface area contributed by atoms with Crippen LogP contribution < -0.4 is 0 Å². The van der Waals surface area contributed by atoms with E-state index in [1.807, 2.05) is 25.1 Å². The number of aryl methyl sites for hydroxylation is 1. The van der Waals surface area contributed by atoms with Crippen LogP contribution in [0, 0.1) is 6.92 Å². The number of likely N-dealkylation sites (N-methyl/N-ethyl adjacent to an activating group) is 1. The highest BCUT2D eigenvalue weighted by molar-refractivity contribution is 9.10. The molecule has 1 aliphatic rings. The molecule has 0 radical (unpaired) electrons. The molecule has 86 valence electrons. The average Bonchev–Trinajstić information content (AvgIpc) is 2.46. The maximum Gasteiger partial charge on any atom is 0.258 e. The molecule has 1 fully saturated rings. The first-order valence-corrected chi connectivity index (χ1v) is 5.98. The van der Waals surface area contributed by atoms with Gasteiger partial charge in [0.2, 0.25) is 0 Å². The minimum atomic E-state index is -1.34. The van der Waals surface area contributed by atoms with Crippen molar-refractivity contribution in [3.05, 3.63) is 33.8 Å². The molecule has 16 heavy (non-hydrogen) atoms. The van der Waals surface area contributed by atoms with Gasteiger partial charge in [-0.25, -0.2) is 0 Å². The molecule has 1 aromatic carbocycles. The average molecular weight is 284 g/mol. The highest BCUT2D eigenvalue weighted by Gasteiger charge is 2.45. The topological polar surface area (TPSA) is 40.5 Å². The Bertz CT molecular complexity index is 426. The van der Waals surface area contributed by atoms with Crippen LogP contribution in [0.4, 0.5) is 0 Å². The predicted molar refractivity (Wildman–Crippen MR) is 65.0 cm³/mol. The number of rotatable bonds is 1. The second kappa shape index (κ2) is 3.86. The van der Waals surface area contributed by atoms with E-state index in [0.29, 0.717) is 18.5 Å². The highest BCUT2D eigenvalue weighted by atomic mass is 79.9. The van der Waals surface area contributed by atoms with E-state index in [4.69, 9.17) is 0 Å². The number of benzene rings is 1. The largest absolute Gasteiger partial charge is 0.375 e. The minimum absolute atomic E-state index is 0.218. The zero-order valence-electron chi connectivity index (χ0n) is 9.33. The molecule has 2 rings (SSSR count). The van der Waals surface area contributed by atoms with Crippen LogP contribution in [0.25, 0.3) is 0 Å². The van der Waals surface area contributed by atoms with Crippen molar-refractivity contribution in [2.24, 2.45) is 0 Å². The lowest BCUT2D eigenvalue weighted by atomic mass is 9.91. The van der Waals surface area contributed by atoms with Gasteiger partial charge in [-0.15, -0.1) is 0 Å². The number of carbonyl (C=O) groups is 1. The SMILES string of the molecule is Cc1cc(Br)cc(C2(O)CCN(C)C2=O)c1. The number of aliphatic hydroxyl groups is 1. The van der Waals surface area contributed by atoms with Crippen molar-refractivity contribution >= 4 is 21.8 Å². The smallest absolute Gasteiger partial charge is 0.258 e. The van der Waals surface area contributed by atoms with Crippen LogP contribution in [0.3, 0.4) is 0 Å². The van der Waals surface area contributed by atoms with Gasteiger partial charge < -0.3 is 10.0 Å². The highest BCUT2D eigenvalue weighted by Crippen LogP contribution is 2.34. The fraction of sp³-hybridized carbons (Fsp3) is 0.417. The van der Waals surface area contributed by atoms with E-state index in [1.54, 1.807) is 11.9 Å². The van der Waals surface area contributed by atoms with Crippen LogP contribution in [-0.2, 0) is 10.4 Å². The van der Waals surface area contributed by atoms with Crippen LogP contribution in [-0.4, -0.2) is 29.5 Å². The number of amides is 1. The van der Waals surface area contributed by atoms with Crippen molar-refractivity contribution in [1.29, 1.82) is 0 Å². The van der Waals surface area contributed by atoms with Gasteiger partial charge in [0, 0.05) is 24.5 Å². The number of hydrogen-bond donors (Lipinski definition) is 1. The molecule has 0 aliphatic carbocycles. The van der Waals surface area contributed by atoms with E-state index >= 15 is 0 Å². The lowest BCUT2D eigenvalue weighted by Gasteiger charge is -2.21. The van der Waals surface area contributed by atoms with Crippen LogP contribution in [0.2, 0.25) is 0 Å². The zero-order valence-corrected chi connectivity index (χ0v) is 10.9. The summed E-state index contributed by atoms with van der Waals surface area (Å²) in [5.41, 5.74) is 0.359. The fourth-order valence-electron chi connectivity index (χ4n) is 2.10. The third kappa shape index (κ3) is 1.76.